The molecule has 0 saturated carbocycles. The summed E-state index contributed by atoms with van der Waals surface area (Å²) in [6, 6.07) is 3.24. The van der Waals surface area contributed by atoms with Gasteiger partial charge in [0.2, 0.25) is 0 Å². The zero-order valence-electron chi connectivity index (χ0n) is 10.7. The summed E-state index contributed by atoms with van der Waals surface area (Å²) in [6.45, 7) is 4.18. The fraction of sp³-hybridized carbons (Fsp3) is 0.714. The second-order valence-corrected chi connectivity index (χ2v) is 7.19. The number of thiophene rings is 1. The monoisotopic (exact) mass is 285 g/mol. The summed E-state index contributed by atoms with van der Waals surface area (Å²) in [6.07, 6.45) is 4.80. The lowest BCUT2D eigenvalue weighted by Gasteiger charge is -2.30. The van der Waals surface area contributed by atoms with E-state index in [0.29, 0.717) is 12.1 Å². The van der Waals surface area contributed by atoms with Crippen LogP contribution in [0.1, 0.15) is 42.7 Å². The second kappa shape index (κ2) is 5.49. The highest BCUT2D eigenvalue weighted by Gasteiger charge is 2.28. The molecular formula is C14H20ClNOS. The van der Waals surface area contributed by atoms with Gasteiger partial charge >= 0.3 is 0 Å². The van der Waals surface area contributed by atoms with E-state index in [1.807, 2.05) is 0 Å². The molecule has 2 heterocycles. The smallest absolute Gasteiger partial charge is 0.0934 e. The van der Waals surface area contributed by atoms with E-state index in [-0.39, 0.29) is 0 Å². The van der Waals surface area contributed by atoms with Crippen molar-refractivity contribution < 1.29 is 4.74 Å². The highest BCUT2D eigenvalue weighted by Crippen LogP contribution is 2.40. The van der Waals surface area contributed by atoms with Gasteiger partial charge in [-0.15, -0.1) is 11.3 Å². The third-order valence-electron chi connectivity index (χ3n) is 4.28. The highest BCUT2D eigenvalue weighted by atomic mass is 35.5. The van der Waals surface area contributed by atoms with Crippen LogP contribution in [0.15, 0.2) is 6.07 Å². The Morgan fingerprint density at radius 3 is 2.94 bits per heavy atom. The maximum absolute atomic E-state index is 6.10. The minimum absolute atomic E-state index is 0.515. The van der Waals surface area contributed by atoms with Gasteiger partial charge in [0.25, 0.3) is 0 Å². The molecule has 4 heteroatoms. The van der Waals surface area contributed by atoms with Crippen molar-refractivity contribution in [3.05, 3.63) is 20.8 Å². The zero-order valence-corrected chi connectivity index (χ0v) is 12.3. The zero-order chi connectivity index (χ0) is 12.5. The van der Waals surface area contributed by atoms with Gasteiger partial charge in [-0.2, -0.15) is 0 Å². The third kappa shape index (κ3) is 2.60. The number of fused-ring (bicyclic) bond motifs is 1. The first-order valence-corrected chi connectivity index (χ1v) is 8.05. The Bertz CT molecular complexity index is 414. The molecular weight excluding hydrogens is 266 g/mol. The summed E-state index contributed by atoms with van der Waals surface area (Å²) in [7, 11) is 0. The summed E-state index contributed by atoms with van der Waals surface area (Å²) in [5, 5.41) is 3.81. The van der Waals surface area contributed by atoms with Crippen LogP contribution in [0.4, 0.5) is 0 Å². The molecule has 18 heavy (non-hydrogen) atoms. The molecule has 2 unspecified atom stereocenters. The van der Waals surface area contributed by atoms with Gasteiger partial charge in [-0.05, 0) is 50.2 Å². The summed E-state index contributed by atoms with van der Waals surface area (Å²) in [4.78, 5) is 1.48. The van der Waals surface area contributed by atoms with E-state index in [1.165, 1.54) is 36.1 Å². The lowest BCUT2D eigenvalue weighted by molar-refractivity contribution is 0.0544. The van der Waals surface area contributed by atoms with E-state index < -0.39 is 0 Å². The Hall–Kier alpha value is -0.0900. The Morgan fingerprint density at radius 1 is 1.39 bits per heavy atom. The van der Waals surface area contributed by atoms with E-state index in [0.717, 1.165) is 23.5 Å². The van der Waals surface area contributed by atoms with Crippen molar-refractivity contribution in [3.8, 4) is 0 Å². The molecule has 1 aromatic rings. The Kier molecular flexibility index (Phi) is 3.94. The van der Waals surface area contributed by atoms with Crippen LogP contribution in [0.25, 0.3) is 0 Å². The van der Waals surface area contributed by atoms with Crippen molar-refractivity contribution in [3.63, 3.8) is 0 Å². The molecule has 3 rings (SSSR count). The molecule has 2 atom stereocenters. The molecule has 0 spiro atoms. The average molecular weight is 286 g/mol. The Labute approximate surface area is 118 Å². The van der Waals surface area contributed by atoms with Crippen LogP contribution in [0.3, 0.4) is 0 Å². The van der Waals surface area contributed by atoms with Crippen molar-refractivity contribution in [1.82, 2.24) is 5.32 Å². The fourth-order valence-electron chi connectivity index (χ4n) is 3.17. The highest BCUT2D eigenvalue weighted by molar-refractivity contribution is 7.16. The molecule has 0 radical (unpaired) electrons. The first-order valence-electron chi connectivity index (χ1n) is 6.86. The lowest BCUT2D eigenvalue weighted by Crippen LogP contribution is -2.38. The quantitative estimate of drug-likeness (QED) is 0.912. The maximum atomic E-state index is 6.10. The average Bonchev–Trinajstić information content (AvgIpc) is 2.91. The summed E-state index contributed by atoms with van der Waals surface area (Å²) >= 11 is 7.85. The molecule has 0 bridgehead atoms. The van der Waals surface area contributed by atoms with Crippen molar-refractivity contribution in [2.45, 2.75) is 44.7 Å². The Balaban J connectivity index is 1.63. The van der Waals surface area contributed by atoms with E-state index in [1.54, 1.807) is 11.3 Å². The predicted octanol–water partition coefficient (Wildman–Crippen LogP) is 3.79. The van der Waals surface area contributed by atoms with Crippen LogP contribution >= 0.6 is 22.9 Å². The first-order chi connectivity index (χ1) is 8.74. The van der Waals surface area contributed by atoms with E-state index >= 15 is 0 Å². The minimum atomic E-state index is 0.515. The molecule has 1 N–H and O–H groups in total. The van der Waals surface area contributed by atoms with Crippen LogP contribution in [0.5, 0.6) is 0 Å². The van der Waals surface area contributed by atoms with Gasteiger partial charge in [0, 0.05) is 30.2 Å². The van der Waals surface area contributed by atoms with Gasteiger partial charge in [-0.25, -0.2) is 0 Å². The molecule has 2 nitrogen and oxygen atoms in total. The normalized spacial score (nSPS) is 26.2. The third-order valence-corrected chi connectivity index (χ3v) is 5.62. The number of rotatable bonds is 3. The number of aryl methyl sites for hydroxylation is 1. The predicted molar refractivity (Wildman–Crippen MR) is 76.5 cm³/mol. The SMILES string of the molecule is CC(NC1CCc2sc(Cl)cc21)C1CCOCC1. The molecule has 1 fully saturated rings. The molecule has 2 aliphatic rings. The first kappa shape index (κ1) is 12.9. The molecule has 1 saturated heterocycles. The standard InChI is InChI=1S/C14H20ClNOS/c1-9(10-4-6-17-7-5-10)16-12-2-3-13-11(12)8-14(15)18-13/h8-10,12,16H,2-7H2,1H3. The van der Waals surface area contributed by atoms with Crippen molar-refractivity contribution in [2.24, 2.45) is 5.92 Å². The van der Waals surface area contributed by atoms with Crippen molar-refractivity contribution in [1.29, 1.82) is 0 Å². The van der Waals surface area contributed by atoms with Gasteiger partial charge in [-0.1, -0.05) is 11.6 Å². The van der Waals surface area contributed by atoms with Gasteiger partial charge in [0.1, 0.15) is 0 Å². The van der Waals surface area contributed by atoms with Gasteiger partial charge < -0.3 is 10.1 Å². The van der Waals surface area contributed by atoms with Crippen LogP contribution in [-0.2, 0) is 11.2 Å². The van der Waals surface area contributed by atoms with Crippen LogP contribution < -0.4 is 5.32 Å². The topological polar surface area (TPSA) is 21.3 Å². The van der Waals surface area contributed by atoms with Crippen molar-refractivity contribution in [2.75, 3.05) is 13.2 Å². The maximum Gasteiger partial charge on any atom is 0.0934 e. The summed E-state index contributed by atoms with van der Waals surface area (Å²) < 4.78 is 6.37. The molecule has 1 aromatic heterocycles. The number of ether oxygens (including phenoxy) is 1. The lowest BCUT2D eigenvalue weighted by atomic mass is 9.92. The Morgan fingerprint density at radius 2 is 2.17 bits per heavy atom. The fourth-order valence-corrected chi connectivity index (χ4v) is 4.53. The molecule has 0 aromatic carbocycles. The summed E-state index contributed by atoms with van der Waals surface area (Å²) in [5.41, 5.74) is 1.45. The van der Waals surface area contributed by atoms with E-state index in [2.05, 4.69) is 18.3 Å². The minimum Gasteiger partial charge on any atom is -0.381 e. The van der Waals surface area contributed by atoms with Crippen LogP contribution in [0, 0.1) is 5.92 Å². The van der Waals surface area contributed by atoms with Gasteiger partial charge in [0.15, 0.2) is 0 Å². The number of halogens is 1. The van der Waals surface area contributed by atoms with E-state index in [4.69, 9.17) is 16.3 Å². The van der Waals surface area contributed by atoms with Crippen LogP contribution in [-0.4, -0.2) is 19.3 Å². The molecule has 100 valence electrons. The second-order valence-electron chi connectivity index (χ2n) is 5.43. The van der Waals surface area contributed by atoms with Gasteiger partial charge in [-0.3, -0.25) is 0 Å². The molecule has 1 aliphatic carbocycles. The summed E-state index contributed by atoms with van der Waals surface area (Å²) in [5.74, 6) is 0.761. The largest absolute Gasteiger partial charge is 0.381 e. The van der Waals surface area contributed by atoms with Crippen LogP contribution in [0.2, 0.25) is 4.34 Å². The molecule has 0 amide bonds. The van der Waals surface area contributed by atoms with Crippen molar-refractivity contribution >= 4 is 22.9 Å². The number of nitrogens with one attached hydrogen (secondary N) is 1. The number of hydrogen-bond donors (Lipinski definition) is 1. The van der Waals surface area contributed by atoms with E-state index in [9.17, 15) is 0 Å². The molecule has 1 aliphatic heterocycles. The number of hydrogen-bond acceptors (Lipinski definition) is 3. The van der Waals surface area contributed by atoms with Gasteiger partial charge in [0.05, 0.1) is 4.34 Å².